The number of fused-ring (bicyclic) bond motifs is 3. The zero-order valence-corrected chi connectivity index (χ0v) is 15.9. The molecule has 2 aromatic rings. The van der Waals surface area contributed by atoms with E-state index in [0.717, 1.165) is 23.1 Å². The molecule has 134 valence electrons. The Morgan fingerprint density at radius 2 is 2.04 bits per heavy atom. The second kappa shape index (κ2) is 7.09. The van der Waals surface area contributed by atoms with Gasteiger partial charge in [0.15, 0.2) is 5.16 Å². The molecule has 0 radical (unpaired) electrons. The molecule has 0 unspecified atom stereocenters. The van der Waals surface area contributed by atoms with Crippen molar-refractivity contribution in [3.05, 3.63) is 10.4 Å². The van der Waals surface area contributed by atoms with Crippen LogP contribution >= 0.6 is 23.1 Å². The van der Waals surface area contributed by atoms with E-state index in [4.69, 9.17) is 15.5 Å². The molecule has 1 aliphatic heterocycles. The summed E-state index contributed by atoms with van der Waals surface area (Å²) in [6.45, 7) is 4.44. The van der Waals surface area contributed by atoms with Gasteiger partial charge in [0.05, 0.1) is 23.8 Å². The summed E-state index contributed by atoms with van der Waals surface area (Å²) in [4.78, 5) is 26.0. The lowest BCUT2D eigenvalue weighted by atomic mass is 9.97. The number of morpholine rings is 1. The number of aryl methyl sites for hydroxylation is 2. The molecule has 0 saturated carbocycles. The Morgan fingerprint density at radius 3 is 2.84 bits per heavy atom. The number of ether oxygens (including phenoxy) is 1. The predicted octanol–water partition coefficient (Wildman–Crippen LogP) is 2.49. The van der Waals surface area contributed by atoms with Gasteiger partial charge in [0, 0.05) is 18.0 Å². The van der Waals surface area contributed by atoms with Crippen LogP contribution in [-0.4, -0.2) is 52.3 Å². The van der Waals surface area contributed by atoms with Crippen LogP contribution in [0.25, 0.3) is 10.2 Å². The van der Waals surface area contributed by atoms with Gasteiger partial charge < -0.3 is 15.4 Å². The molecule has 25 heavy (non-hydrogen) atoms. The van der Waals surface area contributed by atoms with Gasteiger partial charge in [-0.05, 0) is 38.2 Å². The number of nitrogens with two attached hydrogens (primary N) is 1. The average Bonchev–Trinajstić information content (AvgIpc) is 3.00. The van der Waals surface area contributed by atoms with Crippen molar-refractivity contribution in [2.24, 2.45) is 0 Å². The highest BCUT2D eigenvalue weighted by molar-refractivity contribution is 8.00. The van der Waals surface area contributed by atoms with Crippen LogP contribution in [0.5, 0.6) is 0 Å². The van der Waals surface area contributed by atoms with Gasteiger partial charge in [-0.15, -0.1) is 11.3 Å². The third-order valence-corrected chi connectivity index (χ3v) is 6.91. The van der Waals surface area contributed by atoms with Gasteiger partial charge in [-0.25, -0.2) is 9.97 Å². The molecule has 0 spiro atoms. The van der Waals surface area contributed by atoms with Gasteiger partial charge in [0.2, 0.25) is 5.91 Å². The lowest BCUT2D eigenvalue weighted by Gasteiger charge is -2.28. The molecule has 4 rings (SSSR count). The van der Waals surface area contributed by atoms with E-state index in [9.17, 15) is 4.79 Å². The first-order valence-electron chi connectivity index (χ1n) is 8.74. The van der Waals surface area contributed by atoms with E-state index in [1.165, 1.54) is 35.0 Å². The molecule has 1 saturated heterocycles. The monoisotopic (exact) mass is 378 g/mol. The van der Waals surface area contributed by atoms with Crippen molar-refractivity contribution in [3.63, 3.8) is 0 Å². The van der Waals surface area contributed by atoms with Gasteiger partial charge >= 0.3 is 0 Å². The third-order valence-electron chi connectivity index (χ3n) is 4.77. The number of nitrogens with zero attached hydrogens (tertiary/aromatic N) is 3. The molecule has 1 aliphatic carbocycles. The maximum Gasteiger partial charge on any atom is 0.236 e. The summed E-state index contributed by atoms with van der Waals surface area (Å²) in [7, 11) is 0. The average molecular weight is 379 g/mol. The van der Waals surface area contributed by atoms with E-state index in [1.807, 2.05) is 11.8 Å². The molecule has 6 nitrogen and oxygen atoms in total. The second-order valence-electron chi connectivity index (χ2n) is 6.48. The fourth-order valence-electron chi connectivity index (χ4n) is 3.47. The minimum absolute atomic E-state index is 0.112. The van der Waals surface area contributed by atoms with Gasteiger partial charge in [0.25, 0.3) is 0 Å². The molecule has 2 aliphatic rings. The van der Waals surface area contributed by atoms with Crippen LogP contribution in [0.2, 0.25) is 0 Å². The molecule has 1 atom stereocenters. The molecule has 3 heterocycles. The second-order valence-corrected chi connectivity index (χ2v) is 8.87. The number of hydrogen-bond donors (Lipinski definition) is 1. The first-order chi connectivity index (χ1) is 12.1. The van der Waals surface area contributed by atoms with Crippen molar-refractivity contribution in [2.75, 3.05) is 32.0 Å². The Bertz CT molecular complexity index is 802. The topological polar surface area (TPSA) is 81.3 Å². The highest BCUT2D eigenvalue weighted by Gasteiger charge is 2.25. The Labute approximate surface area is 155 Å². The molecular weight excluding hydrogens is 356 g/mol. The van der Waals surface area contributed by atoms with E-state index in [0.29, 0.717) is 37.3 Å². The minimum Gasteiger partial charge on any atom is -0.383 e. The van der Waals surface area contributed by atoms with E-state index in [1.54, 1.807) is 11.3 Å². The number of rotatable bonds is 3. The van der Waals surface area contributed by atoms with Crippen LogP contribution in [0.15, 0.2) is 5.16 Å². The number of carbonyl (C=O) groups is 1. The summed E-state index contributed by atoms with van der Waals surface area (Å²) >= 11 is 3.13. The molecular formula is C17H22N4O2S2. The van der Waals surface area contributed by atoms with E-state index in [2.05, 4.69) is 4.98 Å². The predicted molar refractivity (Wildman–Crippen MR) is 101 cm³/mol. The number of hydrogen-bond acceptors (Lipinski definition) is 7. The minimum atomic E-state index is -0.232. The maximum atomic E-state index is 12.6. The first kappa shape index (κ1) is 17.1. The van der Waals surface area contributed by atoms with E-state index in [-0.39, 0.29) is 11.2 Å². The highest BCUT2D eigenvalue weighted by atomic mass is 32.2. The Morgan fingerprint density at radius 1 is 1.28 bits per heavy atom. The van der Waals surface area contributed by atoms with Crippen molar-refractivity contribution < 1.29 is 9.53 Å². The zero-order valence-electron chi connectivity index (χ0n) is 14.3. The Hall–Kier alpha value is -1.38. The Kier molecular flexibility index (Phi) is 4.84. The van der Waals surface area contributed by atoms with Crippen LogP contribution in [0.1, 0.15) is 30.2 Å². The van der Waals surface area contributed by atoms with Gasteiger partial charge in [-0.1, -0.05) is 11.8 Å². The van der Waals surface area contributed by atoms with Crippen molar-refractivity contribution in [1.29, 1.82) is 0 Å². The number of nitrogen functional groups attached to an aromatic ring is 1. The smallest absolute Gasteiger partial charge is 0.236 e. The number of anilines is 1. The summed E-state index contributed by atoms with van der Waals surface area (Å²) in [5, 5.41) is 1.40. The highest BCUT2D eigenvalue weighted by Crippen LogP contribution is 2.38. The fourth-order valence-corrected chi connectivity index (χ4v) is 5.66. The van der Waals surface area contributed by atoms with Crippen LogP contribution < -0.4 is 5.73 Å². The Balaban J connectivity index is 1.56. The summed E-state index contributed by atoms with van der Waals surface area (Å²) in [5.41, 5.74) is 7.60. The summed E-state index contributed by atoms with van der Waals surface area (Å²) < 4.78 is 5.31. The van der Waals surface area contributed by atoms with Gasteiger partial charge in [-0.3, -0.25) is 4.79 Å². The van der Waals surface area contributed by atoms with E-state index < -0.39 is 0 Å². The number of thioether (sulfide) groups is 1. The molecule has 8 heteroatoms. The fraction of sp³-hybridized carbons (Fsp3) is 0.588. The van der Waals surface area contributed by atoms with Crippen molar-refractivity contribution in [2.45, 2.75) is 43.0 Å². The van der Waals surface area contributed by atoms with Gasteiger partial charge in [0.1, 0.15) is 10.6 Å². The van der Waals surface area contributed by atoms with Crippen molar-refractivity contribution in [1.82, 2.24) is 14.9 Å². The lowest BCUT2D eigenvalue weighted by molar-refractivity contribution is -0.134. The third kappa shape index (κ3) is 3.35. The van der Waals surface area contributed by atoms with Crippen LogP contribution in [0.4, 0.5) is 5.82 Å². The number of amides is 1. The molecule has 2 aromatic heterocycles. The molecule has 0 aromatic carbocycles. The number of aromatic nitrogens is 2. The van der Waals surface area contributed by atoms with Crippen LogP contribution in [-0.2, 0) is 22.4 Å². The molecule has 0 bridgehead atoms. The largest absolute Gasteiger partial charge is 0.383 e. The normalized spacial score (nSPS) is 19.0. The van der Waals surface area contributed by atoms with Crippen LogP contribution in [0.3, 0.4) is 0 Å². The zero-order chi connectivity index (χ0) is 17.4. The number of carbonyl (C=O) groups excluding carboxylic acids is 1. The summed E-state index contributed by atoms with van der Waals surface area (Å²) in [6, 6.07) is 0. The summed E-state index contributed by atoms with van der Waals surface area (Å²) in [6.07, 6.45) is 4.63. The first-order valence-corrected chi connectivity index (χ1v) is 10.4. The maximum absolute atomic E-state index is 12.6. The molecule has 1 amide bonds. The molecule has 1 fully saturated rings. The number of thiophene rings is 1. The van der Waals surface area contributed by atoms with Crippen molar-refractivity contribution >= 4 is 45.0 Å². The van der Waals surface area contributed by atoms with Gasteiger partial charge in [-0.2, -0.15) is 0 Å². The lowest BCUT2D eigenvalue weighted by Crippen LogP contribution is -2.44. The van der Waals surface area contributed by atoms with Crippen molar-refractivity contribution in [3.8, 4) is 0 Å². The SMILES string of the molecule is C[C@H](Sc1nc(N)c2c3c(sc2n1)CCCC3)C(=O)N1CCOCC1. The van der Waals surface area contributed by atoms with Crippen LogP contribution in [0, 0.1) is 0 Å². The summed E-state index contributed by atoms with van der Waals surface area (Å²) in [5.74, 6) is 0.666. The van der Waals surface area contributed by atoms with E-state index >= 15 is 0 Å². The standard InChI is InChI=1S/C17H22N4O2S2/c1-10(16(22)21-6-8-23-9-7-21)24-17-19-14(18)13-11-4-2-3-5-12(11)25-15(13)20-17/h10H,2-9H2,1H3,(H2,18,19,20)/t10-/m0/s1. The molecule has 2 N–H and O–H groups in total. The quantitative estimate of drug-likeness (QED) is 0.653.